The summed E-state index contributed by atoms with van der Waals surface area (Å²) in [4.78, 5) is 29.8. The summed E-state index contributed by atoms with van der Waals surface area (Å²) in [5.74, 6) is 0.0359. The number of halogens is 1. The predicted molar refractivity (Wildman–Crippen MR) is 141 cm³/mol. The highest BCUT2D eigenvalue weighted by Gasteiger charge is 2.30. The monoisotopic (exact) mass is 494 g/mol. The van der Waals surface area contributed by atoms with Gasteiger partial charge in [0, 0.05) is 28.9 Å². The first-order chi connectivity index (χ1) is 16.5. The molecular weight excluding hydrogens is 464 g/mol. The van der Waals surface area contributed by atoms with Crippen molar-refractivity contribution in [3.8, 4) is 0 Å². The molecule has 2 atom stereocenters. The SMILES string of the molecule is CC[C@@H](C)NC(=O)[C@H](Cc1ccccc1)N(Cc1ccc(Cl)cc1)C(=O)CSc1ccccc1. The Morgan fingerprint density at radius 1 is 0.912 bits per heavy atom. The van der Waals surface area contributed by atoms with Crippen molar-refractivity contribution in [1.82, 2.24) is 10.2 Å². The summed E-state index contributed by atoms with van der Waals surface area (Å²) in [5.41, 5.74) is 1.94. The van der Waals surface area contributed by atoms with Crippen LogP contribution in [0.1, 0.15) is 31.4 Å². The van der Waals surface area contributed by atoms with Crippen LogP contribution in [0.2, 0.25) is 5.02 Å². The molecule has 6 heteroatoms. The fourth-order valence-electron chi connectivity index (χ4n) is 3.53. The summed E-state index contributed by atoms with van der Waals surface area (Å²) in [6.07, 6.45) is 1.26. The first-order valence-electron chi connectivity index (χ1n) is 11.5. The summed E-state index contributed by atoms with van der Waals surface area (Å²) >= 11 is 7.55. The van der Waals surface area contributed by atoms with Crippen LogP contribution in [0.3, 0.4) is 0 Å². The molecule has 3 rings (SSSR count). The van der Waals surface area contributed by atoms with Crippen molar-refractivity contribution in [3.63, 3.8) is 0 Å². The summed E-state index contributed by atoms with van der Waals surface area (Å²) in [6.45, 7) is 4.34. The Kier molecular flexibility index (Phi) is 10.0. The highest BCUT2D eigenvalue weighted by atomic mass is 35.5. The van der Waals surface area contributed by atoms with E-state index in [-0.39, 0.29) is 23.6 Å². The Hall–Kier alpha value is -2.76. The maximum absolute atomic E-state index is 13.6. The first-order valence-corrected chi connectivity index (χ1v) is 12.9. The van der Waals surface area contributed by atoms with Gasteiger partial charge in [-0.1, -0.05) is 79.2 Å². The molecule has 3 aromatic carbocycles. The van der Waals surface area contributed by atoms with Gasteiger partial charge in [-0.3, -0.25) is 9.59 Å². The van der Waals surface area contributed by atoms with Gasteiger partial charge >= 0.3 is 0 Å². The molecule has 0 saturated heterocycles. The molecule has 0 unspecified atom stereocenters. The largest absolute Gasteiger partial charge is 0.352 e. The molecule has 0 heterocycles. The fourth-order valence-corrected chi connectivity index (χ4v) is 4.46. The van der Waals surface area contributed by atoms with E-state index in [2.05, 4.69) is 5.32 Å². The second-order valence-corrected chi connectivity index (χ2v) is 9.76. The van der Waals surface area contributed by atoms with E-state index in [0.29, 0.717) is 18.0 Å². The van der Waals surface area contributed by atoms with Gasteiger partial charge in [-0.15, -0.1) is 11.8 Å². The van der Waals surface area contributed by atoms with Gasteiger partial charge in [0.2, 0.25) is 11.8 Å². The van der Waals surface area contributed by atoms with E-state index in [1.165, 1.54) is 11.8 Å². The van der Waals surface area contributed by atoms with E-state index in [0.717, 1.165) is 22.4 Å². The molecule has 0 aliphatic heterocycles. The summed E-state index contributed by atoms with van der Waals surface area (Å²) in [6, 6.07) is 26.5. The number of thioether (sulfide) groups is 1. The number of carbonyl (C=O) groups excluding carboxylic acids is 2. The zero-order valence-corrected chi connectivity index (χ0v) is 21.2. The van der Waals surface area contributed by atoms with Gasteiger partial charge in [0.1, 0.15) is 6.04 Å². The average Bonchev–Trinajstić information content (AvgIpc) is 2.87. The molecule has 178 valence electrons. The molecule has 2 amide bonds. The number of rotatable bonds is 11. The third-order valence-corrected chi connectivity index (χ3v) is 6.89. The van der Waals surface area contributed by atoms with Gasteiger partial charge < -0.3 is 10.2 Å². The van der Waals surface area contributed by atoms with E-state index in [1.807, 2.05) is 98.8 Å². The van der Waals surface area contributed by atoms with Gasteiger partial charge in [-0.2, -0.15) is 0 Å². The molecule has 0 saturated carbocycles. The quantitative estimate of drug-likeness (QED) is 0.333. The fraction of sp³-hybridized carbons (Fsp3) is 0.286. The van der Waals surface area contributed by atoms with Crippen LogP contribution in [0.5, 0.6) is 0 Å². The van der Waals surface area contributed by atoms with Crippen molar-refractivity contribution >= 4 is 35.2 Å². The number of nitrogens with zero attached hydrogens (tertiary/aromatic N) is 1. The molecule has 0 radical (unpaired) electrons. The Morgan fingerprint density at radius 3 is 2.15 bits per heavy atom. The summed E-state index contributed by atoms with van der Waals surface area (Å²) < 4.78 is 0. The zero-order valence-electron chi connectivity index (χ0n) is 19.6. The second-order valence-electron chi connectivity index (χ2n) is 8.27. The lowest BCUT2D eigenvalue weighted by Gasteiger charge is -2.32. The maximum Gasteiger partial charge on any atom is 0.243 e. The van der Waals surface area contributed by atoms with Crippen LogP contribution in [0.15, 0.2) is 89.8 Å². The van der Waals surface area contributed by atoms with Crippen molar-refractivity contribution < 1.29 is 9.59 Å². The third-order valence-electron chi connectivity index (χ3n) is 5.64. The van der Waals surface area contributed by atoms with Crippen LogP contribution in [-0.4, -0.2) is 34.6 Å². The van der Waals surface area contributed by atoms with E-state index < -0.39 is 6.04 Å². The zero-order chi connectivity index (χ0) is 24.3. The van der Waals surface area contributed by atoms with Crippen LogP contribution in [0, 0.1) is 0 Å². The molecule has 3 aromatic rings. The van der Waals surface area contributed by atoms with Gasteiger partial charge in [-0.25, -0.2) is 0 Å². The molecule has 0 aliphatic carbocycles. The minimum atomic E-state index is -0.629. The highest BCUT2D eigenvalue weighted by Crippen LogP contribution is 2.21. The van der Waals surface area contributed by atoms with Crippen LogP contribution < -0.4 is 5.32 Å². The lowest BCUT2D eigenvalue weighted by atomic mass is 10.0. The van der Waals surface area contributed by atoms with E-state index in [1.54, 1.807) is 4.90 Å². The normalized spacial score (nSPS) is 12.6. The highest BCUT2D eigenvalue weighted by molar-refractivity contribution is 8.00. The van der Waals surface area contributed by atoms with Crippen LogP contribution in [-0.2, 0) is 22.6 Å². The standard InChI is InChI=1S/C28H31ClN2O2S/c1-3-21(2)30-28(33)26(18-22-10-6-4-7-11-22)31(19-23-14-16-24(29)17-15-23)27(32)20-34-25-12-8-5-9-13-25/h4-17,21,26H,3,18-20H2,1-2H3,(H,30,33)/t21-,26+/m1/s1. The van der Waals surface area contributed by atoms with Crippen LogP contribution in [0.25, 0.3) is 0 Å². The Morgan fingerprint density at radius 2 is 1.53 bits per heavy atom. The Labute approximate surface area is 211 Å². The Balaban J connectivity index is 1.90. The number of benzene rings is 3. The van der Waals surface area contributed by atoms with E-state index in [4.69, 9.17) is 11.6 Å². The van der Waals surface area contributed by atoms with Crippen LogP contribution in [0.4, 0.5) is 0 Å². The number of carbonyl (C=O) groups is 2. The van der Waals surface area contributed by atoms with Crippen molar-refractivity contribution in [1.29, 1.82) is 0 Å². The number of hydrogen-bond acceptors (Lipinski definition) is 3. The Bertz CT molecular complexity index is 1050. The molecular formula is C28H31ClN2O2S. The molecule has 0 aliphatic rings. The van der Waals surface area contributed by atoms with E-state index >= 15 is 0 Å². The topological polar surface area (TPSA) is 49.4 Å². The van der Waals surface area contributed by atoms with Crippen molar-refractivity contribution in [2.45, 2.75) is 50.2 Å². The molecule has 1 N–H and O–H groups in total. The van der Waals surface area contributed by atoms with Gasteiger partial charge in [-0.05, 0) is 48.7 Å². The molecule has 0 aromatic heterocycles. The molecule has 0 fully saturated rings. The number of amides is 2. The number of hydrogen-bond donors (Lipinski definition) is 1. The first kappa shape index (κ1) is 25.9. The lowest BCUT2D eigenvalue weighted by Crippen LogP contribution is -2.52. The third kappa shape index (κ3) is 7.93. The summed E-state index contributed by atoms with van der Waals surface area (Å²) in [5, 5.41) is 3.73. The van der Waals surface area contributed by atoms with Gasteiger partial charge in [0.25, 0.3) is 0 Å². The predicted octanol–water partition coefficient (Wildman–Crippen LogP) is 5.99. The average molecular weight is 495 g/mol. The van der Waals surface area contributed by atoms with Crippen molar-refractivity contribution in [3.05, 3.63) is 101 Å². The minimum Gasteiger partial charge on any atom is -0.352 e. The van der Waals surface area contributed by atoms with Gasteiger partial charge in [0.15, 0.2) is 0 Å². The molecule has 0 bridgehead atoms. The summed E-state index contributed by atoms with van der Waals surface area (Å²) in [7, 11) is 0. The second kappa shape index (κ2) is 13.2. The molecule has 4 nitrogen and oxygen atoms in total. The van der Waals surface area contributed by atoms with Crippen LogP contribution >= 0.6 is 23.4 Å². The minimum absolute atomic E-state index is 0.0250. The molecule has 0 spiro atoms. The maximum atomic E-state index is 13.6. The van der Waals surface area contributed by atoms with Crippen molar-refractivity contribution in [2.75, 3.05) is 5.75 Å². The van der Waals surface area contributed by atoms with Crippen molar-refractivity contribution in [2.24, 2.45) is 0 Å². The van der Waals surface area contributed by atoms with Gasteiger partial charge in [0.05, 0.1) is 5.75 Å². The number of nitrogens with one attached hydrogen (secondary N) is 1. The molecule has 34 heavy (non-hydrogen) atoms. The smallest absolute Gasteiger partial charge is 0.243 e. The van der Waals surface area contributed by atoms with E-state index in [9.17, 15) is 9.59 Å². The lowest BCUT2D eigenvalue weighted by molar-refractivity contribution is -0.139.